The number of nitrogens with zero attached hydrogens (tertiary/aromatic N) is 4. The van der Waals surface area contributed by atoms with Gasteiger partial charge in [-0.05, 0) is 20.3 Å². The predicted molar refractivity (Wildman–Crippen MR) is 73.6 cm³/mol. The molecule has 1 unspecified atom stereocenters. The molecule has 1 fully saturated rings. The van der Waals surface area contributed by atoms with Gasteiger partial charge in [0.15, 0.2) is 0 Å². The highest BCUT2D eigenvalue weighted by Gasteiger charge is 2.29. The molecule has 1 aromatic heterocycles. The van der Waals surface area contributed by atoms with E-state index in [0.29, 0.717) is 37.4 Å². The Kier molecular flexibility index (Phi) is 3.91. The van der Waals surface area contributed by atoms with Gasteiger partial charge in [-0.3, -0.25) is 14.9 Å². The Morgan fingerprint density at radius 1 is 1.55 bits per heavy atom. The van der Waals surface area contributed by atoms with Gasteiger partial charge in [-0.2, -0.15) is 5.10 Å². The summed E-state index contributed by atoms with van der Waals surface area (Å²) < 4.78 is 1.60. The van der Waals surface area contributed by atoms with Gasteiger partial charge < -0.3 is 10.2 Å². The molecule has 2 rings (SSSR count). The van der Waals surface area contributed by atoms with Crippen LogP contribution in [0.1, 0.15) is 25.5 Å². The summed E-state index contributed by atoms with van der Waals surface area (Å²) in [6.45, 7) is 4.62. The van der Waals surface area contributed by atoms with E-state index in [2.05, 4.69) is 10.4 Å². The summed E-state index contributed by atoms with van der Waals surface area (Å²) in [4.78, 5) is 23.9. The second-order valence-electron chi connectivity index (χ2n) is 5.01. The highest BCUT2D eigenvalue weighted by molar-refractivity contribution is 5.77. The molecule has 1 atom stereocenters. The number of carbonyl (C=O) groups excluding carboxylic acids is 1. The Balaban J connectivity index is 2.24. The van der Waals surface area contributed by atoms with Crippen molar-refractivity contribution < 1.29 is 9.72 Å². The lowest BCUT2D eigenvalue weighted by atomic mass is 10.1. The molecule has 20 heavy (non-hydrogen) atoms. The largest absolute Gasteiger partial charge is 0.360 e. The number of piperidine rings is 1. The van der Waals surface area contributed by atoms with Crippen LogP contribution in [0.4, 0.5) is 11.5 Å². The topological polar surface area (TPSA) is 93.3 Å². The van der Waals surface area contributed by atoms with Crippen LogP contribution in [-0.4, -0.2) is 45.1 Å². The first-order valence-electron chi connectivity index (χ1n) is 6.66. The minimum absolute atomic E-state index is 0.0119. The van der Waals surface area contributed by atoms with Crippen molar-refractivity contribution in [3.63, 3.8) is 0 Å². The first kappa shape index (κ1) is 14.3. The van der Waals surface area contributed by atoms with Crippen LogP contribution in [0.3, 0.4) is 0 Å². The second kappa shape index (κ2) is 5.48. The number of likely N-dealkylation sites (N-methyl/N-ethyl adjacent to an activating group) is 1. The molecule has 0 saturated carbocycles. The van der Waals surface area contributed by atoms with Crippen LogP contribution in [0, 0.1) is 17.0 Å². The maximum absolute atomic E-state index is 11.5. The lowest BCUT2D eigenvalue weighted by Crippen LogP contribution is -2.43. The number of nitrogens with one attached hydrogen (secondary N) is 1. The minimum atomic E-state index is -0.408. The van der Waals surface area contributed by atoms with Crippen molar-refractivity contribution in [3.05, 3.63) is 15.8 Å². The number of carbonyl (C=O) groups is 1. The summed E-state index contributed by atoms with van der Waals surface area (Å²) in [6, 6.07) is 0.0119. The molecular formula is C12H19N5O3. The monoisotopic (exact) mass is 281 g/mol. The van der Waals surface area contributed by atoms with Crippen molar-refractivity contribution >= 4 is 17.4 Å². The minimum Gasteiger partial charge on any atom is -0.360 e. The molecule has 0 aliphatic carbocycles. The predicted octanol–water partition coefficient (Wildman–Crippen LogP) is 1.15. The molecule has 1 amide bonds. The van der Waals surface area contributed by atoms with Gasteiger partial charge in [0.1, 0.15) is 5.69 Å². The van der Waals surface area contributed by atoms with Crippen LogP contribution in [0.15, 0.2) is 0 Å². The maximum atomic E-state index is 11.5. The average Bonchev–Trinajstić information content (AvgIpc) is 2.70. The van der Waals surface area contributed by atoms with E-state index in [9.17, 15) is 14.9 Å². The molecule has 8 nitrogen and oxygen atoms in total. The number of likely N-dealkylation sites (tertiary alicyclic amines) is 1. The number of anilines is 1. The van der Waals surface area contributed by atoms with E-state index in [1.165, 1.54) is 0 Å². The molecule has 1 saturated heterocycles. The van der Waals surface area contributed by atoms with E-state index < -0.39 is 4.92 Å². The lowest BCUT2D eigenvalue weighted by molar-refractivity contribution is -0.384. The molecule has 0 radical (unpaired) electrons. The fourth-order valence-electron chi connectivity index (χ4n) is 2.49. The molecule has 1 aromatic rings. The van der Waals surface area contributed by atoms with Crippen molar-refractivity contribution in [1.29, 1.82) is 0 Å². The van der Waals surface area contributed by atoms with Gasteiger partial charge >= 0.3 is 5.69 Å². The van der Waals surface area contributed by atoms with Gasteiger partial charge in [-0.25, -0.2) is 4.68 Å². The summed E-state index contributed by atoms with van der Waals surface area (Å²) in [6.07, 6.45) is 1.13. The first-order valence-corrected chi connectivity index (χ1v) is 6.66. The SMILES string of the molecule is CCn1nc(C)c([N+](=O)[O-])c1NC1CCC(=O)N(C)C1. The zero-order valence-electron chi connectivity index (χ0n) is 11.9. The van der Waals surface area contributed by atoms with Gasteiger partial charge in [0.25, 0.3) is 0 Å². The highest BCUT2D eigenvalue weighted by atomic mass is 16.6. The van der Waals surface area contributed by atoms with Crippen LogP contribution in [0.5, 0.6) is 0 Å². The molecule has 110 valence electrons. The molecule has 2 heterocycles. The van der Waals surface area contributed by atoms with E-state index in [1.54, 1.807) is 23.6 Å². The summed E-state index contributed by atoms with van der Waals surface area (Å²) in [5.74, 6) is 0.542. The molecular weight excluding hydrogens is 262 g/mol. The molecule has 8 heteroatoms. The fourth-order valence-corrected chi connectivity index (χ4v) is 2.49. The van der Waals surface area contributed by atoms with E-state index in [4.69, 9.17) is 0 Å². The van der Waals surface area contributed by atoms with Gasteiger partial charge in [0, 0.05) is 32.6 Å². The lowest BCUT2D eigenvalue weighted by Gasteiger charge is -2.30. The van der Waals surface area contributed by atoms with Gasteiger partial charge in [-0.1, -0.05) is 0 Å². The summed E-state index contributed by atoms with van der Waals surface area (Å²) in [5.41, 5.74) is 0.422. The van der Waals surface area contributed by atoms with Crippen LogP contribution in [0.25, 0.3) is 0 Å². The number of amides is 1. The Morgan fingerprint density at radius 3 is 2.80 bits per heavy atom. The summed E-state index contributed by atoms with van der Waals surface area (Å²) in [5, 5.41) is 18.5. The zero-order valence-corrected chi connectivity index (χ0v) is 11.9. The number of hydrogen-bond donors (Lipinski definition) is 1. The molecule has 1 N–H and O–H groups in total. The third-order valence-electron chi connectivity index (χ3n) is 3.55. The Bertz CT molecular complexity index is 539. The van der Waals surface area contributed by atoms with Gasteiger partial charge in [0.05, 0.1) is 4.92 Å². The zero-order chi connectivity index (χ0) is 14.9. The molecule has 0 aromatic carbocycles. The van der Waals surface area contributed by atoms with E-state index in [-0.39, 0.29) is 17.6 Å². The Morgan fingerprint density at radius 2 is 2.25 bits per heavy atom. The quantitative estimate of drug-likeness (QED) is 0.660. The third-order valence-corrected chi connectivity index (χ3v) is 3.55. The van der Waals surface area contributed by atoms with Crippen molar-refractivity contribution in [3.8, 4) is 0 Å². The average molecular weight is 281 g/mol. The number of aromatic nitrogens is 2. The smallest absolute Gasteiger partial charge is 0.333 e. The highest BCUT2D eigenvalue weighted by Crippen LogP contribution is 2.29. The van der Waals surface area contributed by atoms with E-state index >= 15 is 0 Å². The van der Waals surface area contributed by atoms with Crippen LogP contribution < -0.4 is 5.32 Å². The number of aryl methyl sites for hydroxylation is 2. The molecule has 0 spiro atoms. The van der Waals surface area contributed by atoms with Crippen molar-refractivity contribution in [1.82, 2.24) is 14.7 Å². The van der Waals surface area contributed by atoms with Crippen molar-refractivity contribution in [2.45, 2.75) is 39.3 Å². The first-order chi connectivity index (χ1) is 9.43. The Hall–Kier alpha value is -2.12. The van der Waals surface area contributed by atoms with Crippen LogP contribution in [-0.2, 0) is 11.3 Å². The number of hydrogen-bond acceptors (Lipinski definition) is 5. The van der Waals surface area contributed by atoms with Crippen molar-refractivity contribution in [2.24, 2.45) is 0 Å². The second-order valence-corrected chi connectivity index (χ2v) is 5.01. The summed E-state index contributed by atoms with van der Waals surface area (Å²) in [7, 11) is 1.74. The standard InChI is InChI=1S/C12H19N5O3/c1-4-16-12(11(17(19)20)8(2)14-16)13-9-5-6-10(18)15(3)7-9/h9,13H,4-7H2,1-3H3. The maximum Gasteiger partial charge on any atom is 0.333 e. The number of rotatable bonds is 4. The molecule has 1 aliphatic heterocycles. The van der Waals surface area contributed by atoms with Gasteiger partial charge in [-0.15, -0.1) is 0 Å². The van der Waals surface area contributed by atoms with E-state index in [1.807, 2.05) is 6.92 Å². The molecule has 0 bridgehead atoms. The number of nitro groups is 1. The summed E-state index contributed by atoms with van der Waals surface area (Å²) >= 11 is 0. The fraction of sp³-hybridized carbons (Fsp3) is 0.667. The normalized spacial score (nSPS) is 19.2. The van der Waals surface area contributed by atoms with E-state index in [0.717, 1.165) is 0 Å². The van der Waals surface area contributed by atoms with Crippen LogP contribution >= 0.6 is 0 Å². The van der Waals surface area contributed by atoms with Crippen LogP contribution in [0.2, 0.25) is 0 Å². The Labute approximate surface area is 116 Å². The third kappa shape index (κ3) is 2.59. The molecule has 1 aliphatic rings. The van der Waals surface area contributed by atoms with Gasteiger partial charge in [0.2, 0.25) is 11.7 Å². The van der Waals surface area contributed by atoms with Crippen molar-refractivity contribution in [2.75, 3.05) is 18.9 Å².